The summed E-state index contributed by atoms with van der Waals surface area (Å²) in [4.78, 5) is 4.31. The topological polar surface area (TPSA) is 64.9 Å². The number of hydrogen-bond acceptors (Lipinski definition) is 4. The molecule has 0 saturated carbocycles. The van der Waals surface area contributed by atoms with Gasteiger partial charge in [0.1, 0.15) is 0 Å². The average Bonchev–Trinajstić information content (AvgIpc) is 2.59. The molecule has 0 aliphatic rings. The number of hydrogen-bond donors (Lipinski definition) is 1. The van der Waals surface area contributed by atoms with Crippen LogP contribution < -0.4 is 5.73 Å². The van der Waals surface area contributed by atoms with Crippen molar-refractivity contribution in [3.05, 3.63) is 28.8 Å². The molecule has 0 unspecified atom stereocenters. The Bertz CT molecular complexity index is 705. The van der Waals surface area contributed by atoms with Gasteiger partial charge in [-0.3, -0.25) is 0 Å². The average molecular weight is 234 g/mol. The van der Waals surface area contributed by atoms with E-state index in [2.05, 4.69) is 10.1 Å². The lowest BCUT2D eigenvalue weighted by Gasteiger charge is -2.01. The zero-order chi connectivity index (χ0) is 11.3. The number of pyridine rings is 1. The zero-order valence-electron chi connectivity index (χ0n) is 8.49. The predicted molar refractivity (Wildman–Crippen MR) is 63.5 cm³/mol. The van der Waals surface area contributed by atoms with Gasteiger partial charge in [0.15, 0.2) is 5.82 Å². The van der Waals surface area contributed by atoms with Crippen molar-refractivity contribution in [3.8, 4) is 0 Å². The minimum Gasteiger partial charge on any atom is -0.380 e. The monoisotopic (exact) mass is 233 g/mol. The molecule has 0 saturated heterocycles. The minimum atomic E-state index is 0.358. The quantitative estimate of drug-likeness (QED) is 0.648. The maximum atomic E-state index is 6.03. The summed E-state index contributed by atoms with van der Waals surface area (Å²) < 4.78 is 5.00. The SMILES string of the molecule is Cc1cc2cc3c(N)noc3nc2cc1Cl. The Morgan fingerprint density at radius 1 is 1.31 bits per heavy atom. The van der Waals surface area contributed by atoms with Gasteiger partial charge in [0.25, 0.3) is 5.71 Å². The second-order valence-corrected chi connectivity index (χ2v) is 4.11. The Hall–Kier alpha value is -1.81. The van der Waals surface area contributed by atoms with Crippen LogP contribution in [0, 0.1) is 6.92 Å². The van der Waals surface area contributed by atoms with Crippen molar-refractivity contribution < 1.29 is 4.52 Å². The Labute approximate surface area is 96.0 Å². The summed E-state index contributed by atoms with van der Waals surface area (Å²) in [7, 11) is 0. The molecule has 0 spiro atoms. The van der Waals surface area contributed by atoms with E-state index in [0.717, 1.165) is 21.9 Å². The highest BCUT2D eigenvalue weighted by Gasteiger charge is 2.09. The lowest BCUT2D eigenvalue weighted by atomic mass is 10.1. The molecule has 3 aromatic rings. The Kier molecular flexibility index (Phi) is 1.82. The normalized spacial score (nSPS) is 11.4. The maximum absolute atomic E-state index is 6.03. The van der Waals surface area contributed by atoms with Gasteiger partial charge in [0, 0.05) is 10.4 Å². The molecule has 1 aromatic carbocycles. The predicted octanol–water partition coefficient (Wildman–Crippen LogP) is 2.92. The highest BCUT2D eigenvalue weighted by atomic mass is 35.5. The van der Waals surface area contributed by atoms with Crippen molar-refractivity contribution in [1.82, 2.24) is 10.1 Å². The molecule has 0 fully saturated rings. The second kappa shape index (κ2) is 3.09. The van der Waals surface area contributed by atoms with Crippen LogP contribution in [0.2, 0.25) is 5.02 Å². The molecular weight excluding hydrogens is 226 g/mol. The van der Waals surface area contributed by atoms with Gasteiger partial charge in [-0.05, 0) is 30.7 Å². The molecular formula is C11H8ClN3O. The molecule has 5 heteroatoms. The number of anilines is 1. The van der Waals surface area contributed by atoms with Crippen molar-refractivity contribution in [3.63, 3.8) is 0 Å². The van der Waals surface area contributed by atoms with Crippen LogP contribution in [0.4, 0.5) is 5.82 Å². The van der Waals surface area contributed by atoms with Gasteiger partial charge in [-0.25, -0.2) is 4.98 Å². The summed E-state index contributed by atoms with van der Waals surface area (Å²) >= 11 is 6.03. The summed E-state index contributed by atoms with van der Waals surface area (Å²) in [6.45, 7) is 1.95. The van der Waals surface area contributed by atoms with E-state index in [0.29, 0.717) is 16.6 Å². The van der Waals surface area contributed by atoms with E-state index < -0.39 is 0 Å². The lowest BCUT2D eigenvalue weighted by Crippen LogP contribution is -1.86. The molecule has 0 aliphatic carbocycles. The van der Waals surface area contributed by atoms with Crippen LogP contribution >= 0.6 is 11.6 Å². The van der Waals surface area contributed by atoms with E-state index >= 15 is 0 Å². The fourth-order valence-electron chi connectivity index (χ4n) is 1.69. The first-order valence-electron chi connectivity index (χ1n) is 4.77. The van der Waals surface area contributed by atoms with Crippen LogP contribution in [-0.4, -0.2) is 10.1 Å². The molecule has 2 N–H and O–H groups in total. The molecule has 2 aromatic heterocycles. The molecule has 0 aliphatic heterocycles. The number of aromatic nitrogens is 2. The Morgan fingerprint density at radius 3 is 2.94 bits per heavy atom. The van der Waals surface area contributed by atoms with E-state index in [9.17, 15) is 0 Å². The summed E-state index contributed by atoms with van der Waals surface area (Å²) in [5.74, 6) is 0.358. The standard InChI is InChI=1S/C11H8ClN3O/c1-5-2-6-3-7-10(13)15-16-11(7)14-9(6)4-8(5)12/h2-4H,1H3,(H2,13,15). The number of nitrogens with zero attached hydrogens (tertiary/aromatic N) is 2. The van der Waals surface area contributed by atoms with Gasteiger partial charge >= 0.3 is 0 Å². The smallest absolute Gasteiger partial charge is 0.260 e. The van der Waals surface area contributed by atoms with Crippen LogP contribution in [0.1, 0.15) is 5.56 Å². The first-order valence-corrected chi connectivity index (χ1v) is 5.15. The number of fused-ring (bicyclic) bond motifs is 2. The molecule has 80 valence electrons. The van der Waals surface area contributed by atoms with Crippen LogP contribution in [0.15, 0.2) is 22.7 Å². The van der Waals surface area contributed by atoms with Crippen LogP contribution in [0.3, 0.4) is 0 Å². The summed E-state index contributed by atoms with van der Waals surface area (Å²) in [5.41, 5.74) is 7.88. The summed E-state index contributed by atoms with van der Waals surface area (Å²) in [5, 5.41) is 6.06. The van der Waals surface area contributed by atoms with E-state index in [1.54, 1.807) is 0 Å². The first-order chi connectivity index (χ1) is 7.65. The van der Waals surface area contributed by atoms with Crippen LogP contribution in [0.25, 0.3) is 22.0 Å². The number of benzene rings is 1. The number of halogens is 1. The molecule has 16 heavy (non-hydrogen) atoms. The molecule has 0 bridgehead atoms. The third-order valence-electron chi connectivity index (χ3n) is 2.57. The van der Waals surface area contributed by atoms with Gasteiger partial charge < -0.3 is 10.3 Å². The molecule has 3 rings (SSSR count). The van der Waals surface area contributed by atoms with E-state index in [1.165, 1.54) is 0 Å². The second-order valence-electron chi connectivity index (χ2n) is 3.70. The van der Waals surface area contributed by atoms with Crippen molar-refractivity contribution in [1.29, 1.82) is 0 Å². The number of rotatable bonds is 0. The maximum Gasteiger partial charge on any atom is 0.260 e. The Balaban J connectivity index is 2.48. The van der Waals surface area contributed by atoms with E-state index in [-0.39, 0.29) is 0 Å². The van der Waals surface area contributed by atoms with Gasteiger partial charge in [-0.2, -0.15) is 0 Å². The largest absolute Gasteiger partial charge is 0.380 e. The van der Waals surface area contributed by atoms with Gasteiger partial charge in [0.05, 0.1) is 10.9 Å². The molecule has 0 radical (unpaired) electrons. The van der Waals surface area contributed by atoms with Gasteiger partial charge in [-0.15, -0.1) is 0 Å². The van der Waals surface area contributed by atoms with Gasteiger partial charge in [0.2, 0.25) is 0 Å². The zero-order valence-corrected chi connectivity index (χ0v) is 9.25. The third kappa shape index (κ3) is 1.23. The minimum absolute atomic E-state index is 0.358. The molecule has 0 amide bonds. The summed E-state index contributed by atoms with van der Waals surface area (Å²) in [6.07, 6.45) is 0. The van der Waals surface area contributed by atoms with Crippen molar-refractivity contribution in [2.45, 2.75) is 6.92 Å². The van der Waals surface area contributed by atoms with E-state index in [4.69, 9.17) is 21.9 Å². The molecule has 0 atom stereocenters. The van der Waals surface area contributed by atoms with Gasteiger partial charge in [-0.1, -0.05) is 16.8 Å². The molecule has 4 nitrogen and oxygen atoms in total. The number of nitrogen functional groups attached to an aromatic ring is 1. The number of aryl methyl sites for hydroxylation is 1. The van der Waals surface area contributed by atoms with E-state index in [1.807, 2.05) is 25.1 Å². The van der Waals surface area contributed by atoms with Crippen LogP contribution in [0.5, 0.6) is 0 Å². The first kappa shape index (κ1) is 9.42. The van der Waals surface area contributed by atoms with Crippen LogP contribution in [-0.2, 0) is 0 Å². The summed E-state index contributed by atoms with van der Waals surface area (Å²) in [6, 6.07) is 5.69. The van der Waals surface area contributed by atoms with Crippen molar-refractivity contribution >= 4 is 39.4 Å². The number of nitrogens with two attached hydrogens (primary N) is 1. The highest BCUT2D eigenvalue weighted by Crippen LogP contribution is 2.27. The lowest BCUT2D eigenvalue weighted by molar-refractivity contribution is 0.453. The van der Waals surface area contributed by atoms with Crippen molar-refractivity contribution in [2.75, 3.05) is 5.73 Å². The molecule has 2 heterocycles. The highest BCUT2D eigenvalue weighted by molar-refractivity contribution is 6.32. The third-order valence-corrected chi connectivity index (χ3v) is 2.97. The van der Waals surface area contributed by atoms with Crippen molar-refractivity contribution in [2.24, 2.45) is 0 Å². The Morgan fingerprint density at radius 2 is 2.12 bits per heavy atom. The fraction of sp³-hybridized carbons (Fsp3) is 0.0909. The fourth-order valence-corrected chi connectivity index (χ4v) is 1.85.